The molecule has 0 amide bonds. The van der Waals surface area contributed by atoms with Crippen molar-refractivity contribution in [1.82, 2.24) is 5.32 Å². The van der Waals surface area contributed by atoms with Gasteiger partial charge in [0.2, 0.25) is 0 Å². The molecule has 2 atom stereocenters. The lowest BCUT2D eigenvalue weighted by molar-refractivity contribution is 0.364. The molecule has 1 rings (SSSR count). The lowest BCUT2D eigenvalue weighted by atomic mass is 9.88. The van der Waals surface area contributed by atoms with Gasteiger partial charge >= 0.3 is 0 Å². The summed E-state index contributed by atoms with van der Waals surface area (Å²) in [7, 11) is 0. The number of hydrogen-bond acceptors (Lipinski definition) is 1. The average molecular weight is 251 g/mol. The van der Waals surface area contributed by atoms with E-state index >= 15 is 0 Å². The molecule has 2 heteroatoms. The van der Waals surface area contributed by atoms with Gasteiger partial charge in [-0.1, -0.05) is 33.3 Å². The molecule has 0 aliphatic heterocycles. The number of rotatable bonds is 6. The second-order valence-corrected chi connectivity index (χ2v) is 5.29. The van der Waals surface area contributed by atoms with E-state index in [4.69, 9.17) is 0 Å². The van der Waals surface area contributed by atoms with Crippen LogP contribution in [0.2, 0.25) is 0 Å². The summed E-state index contributed by atoms with van der Waals surface area (Å²) in [5.41, 5.74) is 2.90. The predicted molar refractivity (Wildman–Crippen MR) is 76.4 cm³/mol. The van der Waals surface area contributed by atoms with E-state index in [0.717, 1.165) is 36.1 Å². The topological polar surface area (TPSA) is 12.0 Å². The minimum atomic E-state index is -0.0681. The van der Waals surface area contributed by atoms with Gasteiger partial charge in [0.15, 0.2) is 0 Å². The van der Waals surface area contributed by atoms with Gasteiger partial charge in [-0.2, -0.15) is 0 Å². The summed E-state index contributed by atoms with van der Waals surface area (Å²) in [5, 5.41) is 3.50. The molecule has 0 aliphatic carbocycles. The van der Waals surface area contributed by atoms with E-state index in [1.54, 1.807) is 6.07 Å². The van der Waals surface area contributed by atoms with E-state index < -0.39 is 0 Å². The highest BCUT2D eigenvalue weighted by atomic mass is 19.1. The maximum absolute atomic E-state index is 14.2. The minimum absolute atomic E-state index is 0.0681. The molecule has 0 bridgehead atoms. The van der Waals surface area contributed by atoms with Gasteiger partial charge in [-0.05, 0) is 49.9 Å². The van der Waals surface area contributed by atoms with Crippen molar-refractivity contribution in [3.63, 3.8) is 0 Å². The van der Waals surface area contributed by atoms with Crippen LogP contribution in [0.4, 0.5) is 4.39 Å². The summed E-state index contributed by atoms with van der Waals surface area (Å²) in [6.45, 7) is 11.4. The van der Waals surface area contributed by atoms with E-state index in [0.29, 0.717) is 5.92 Å². The summed E-state index contributed by atoms with van der Waals surface area (Å²) >= 11 is 0. The molecule has 0 aromatic heterocycles. The molecular formula is C16H26FN. The summed E-state index contributed by atoms with van der Waals surface area (Å²) in [5.74, 6) is 0.369. The van der Waals surface area contributed by atoms with Crippen LogP contribution in [0.1, 0.15) is 56.3 Å². The first-order chi connectivity index (χ1) is 8.51. The highest BCUT2D eigenvalue weighted by molar-refractivity contribution is 5.34. The van der Waals surface area contributed by atoms with Crippen LogP contribution < -0.4 is 5.32 Å². The van der Waals surface area contributed by atoms with Crippen molar-refractivity contribution in [3.05, 3.63) is 34.6 Å². The summed E-state index contributed by atoms with van der Waals surface area (Å²) < 4.78 is 14.2. The molecule has 2 unspecified atom stereocenters. The zero-order valence-electron chi connectivity index (χ0n) is 12.3. The Labute approximate surface area is 111 Å². The van der Waals surface area contributed by atoms with Gasteiger partial charge in [0.1, 0.15) is 5.82 Å². The molecular weight excluding hydrogens is 225 g/mol. The first-order valence-electron chi connectivity index (χ1n) is 7.01. The van der Waals surface area contributed by atoms with E-state index in [2.05, 4.69) is 32.2 Å². The van der Waals surface area contributed by atoms with Crippen molar-refractivity contribution < 1.29 is 4.39 Å². The maximum Gasteiger partial charge on any atom is 0.128 e. The van der Waals surface area contributed by atoms with Gasteiger partial charge in [-0.3, -0.25) is 0 Å². The Morgan fingerprint density at radius 1 is 1.22 bits per heavy atom. The Kier molecular flexibility index (Phi) is 5.80. The van der Waals surface area contributed by atoms with E-state index in [9.17, 15) is 4.39 Å². The van der Waals surface area contributed by atoms with Crippen LogP contribution in [0, 0.1) is 25.6 Å². The summed E-state index contributed by atoms with van der Waals surface area (Å²) in [6, 6.07) is 3.84. The number of nitrogens with one attached hydrogen (secondary N) is 1. The number of aryl methyl sites for hydroxylation is 2. The molecule has 102 valence electrons. The molecule has 1 aromatic rings. The Morgan fingerprint density at radius 2 is 1.89 bits per heavy atom. The number of hydrogen-bond donors (Lipinski definition) is 1. The van der Waals surface area contributed by atoms with Gasteiger partial charge in [0.05, 0.1) is 0 Å². The highest BCUT2D eigenvalue weighted by Gasteiger charge is 2.22. The molecule has 0 fully saturated rings. The Bertz CT molecular complexity index is 364. The van der Waals surface area contributed by atoms with Crippen LogP contribution >= 0.6 is 0 Å². The van der Waals surface area contributed by atoms with E-state index in [1.807, 2.05) is 13.8 Å². The van der Waals surface area contributed by atoms with Crippen LogP contribution in [0.25, 0.3) is 0 Å². The third-order valence-electron chi connectivity index (χ3n) is 3.62. The van der Waals surface area contributed by atoms with Gasteiger partial charge in [-0.25, -0.2) is 4.39 Å². The summed E-state index contributed by atoms with van der Waals surface area (Å²) in [4.78, 5) is 0. The smallest absolute Gasteiger partial charge is 0.128 e. The van der Waals surface area contributed by atoms with E-state index in [1.165, 1.54) is 0 Å². The van der Waals surface area contributed by atoms with Gasteiger partial charge in [0, 0.05) is 11.6 Å². The highest BCUT2D eigenvalue weighted by Crippen LogP contribution is 2.30. The minimum Gasteiger partial charge on any atom is -0.310 e. The van der Waals surface area contributed by atoms with Crippen molar-refractivity contribution in [3.8, 4) is 0 Å². The SMILES string of the molecule is CCCNC(c1c(C)cc(C)cc1F)C(C)CC. The molecule has 0 heterocycles. The fourth-order valence-electron chi connectivity index (χ4n) is 2.44. The standard InChI is InChI=1S/C16H26FN/c1-6-8-18-16(12(4)7-2)15-13(5)9-11(3)10-14(15)17/h9-10,12,16,18H,6-8H2,1-5H3. The summed E-state index contributed by atoms with van der Waals surface area (Å²) in [6.07, 6.45) is 2.12. The Morgan fingerprint density at radius 3 is 2.39 bits per heavy atom. The van der Waals surface area contributed by atoms with Crippen LogP contribution in [-0.2, 0) is 0 Å². The average Bonchev–Trinajstić information content (AvgIpc) is 2.31. The number of halogens is 1. The second-order valence-electron chi connectivity index (χ2n) is 5.29. The van der Waals surface area contributed by atoms with Crippen molar-refractivity contribution in [2.45, 2.75) is 53.5 Å². The first-order valence-corrected chi connectivity index (χ1v) is 7.01. The fraction of sp³-hybridized carbons (Fsp3) is 0.625. The lowest BCUT2D eigenvalue weighted by Gasteiger charge is -2.27. The Balaban J connectivity index is 3.11. The maximum atomic E-state index is 14.2. The monoisotopic (exact) mass is 251 g/mol. The van der Waals surface area contributed by atoms with Gasteiger partial charge < -0.3 is 5.32 Å². The van der Waals surface area contributed by atoms with Crippen LogP contribution in [0.15, 0.2) is 12.1 Å². The largest absolute Gasteiger partial charge is 0.310 e. The van der Waals surface area contributed by atoms with Crippen LogP contribution in [0.3, 0.4) is 0 Å². The predicted octanol–water partition coefficient (Wildman–Crippen LogP) is 4.53. The lowest BCUT2D eigenvalue weighted by Crippen LogP contribution is -2.29. The Hall–Kier alpha value is -0.890. The molecule has 1 N–H and O–H groups in total. The molecule has 0 saturated heterocycles. The second kappa shape index (κ2) is 6.89. The molecule has 18 heavy (non-hydrogen) atoms. The van der Waals surface area contributed by atoms with Gasteiger partial charge in [-0.15, -0.1) is 0 Å². The van der Waals surface area contributed by atoms with Crippen LogP contribution in [0.5, 0.6) is 0 Å². The molecule has 0 aliphatic rings. The fourth-order valence-corrected chi connectivity index (χ4v) is 2.44. The quantitative estimate of drug-likeness (QED) is 0.783. The molecule has 0 spiro atoms. The van der Waals surface area contributed by atoms with Crippen molar-refractivity contribution in [2.75, 3.05) is 6.54 Å². The molecule has 1 aromatic carbocycles. The van der Waals surface area contributed by atoms with Crippen LogP contribution in [-0.4, -0.2) is 6.54 Å². The zero-order valence-corrected chi connectivity index (χ0v) is 12.3. The normalized spacial score (nSPS) is 14.6. The van der Waals surface area contributed by atoms with Crippen molar-refractivity contribution in [2.24, 2.45) is 5.92 Å². The molecule has 0 radical (unpaired) electrons. The molecule has 1 nitrogen and oxygen atoms in total. The first kappa shape index (κ1) is 15.2. The third kappa shape index (κ3) is 3.55. The third-order valence-corrected chi connectivity index (χ3v) is 3.62. The zero-order chi connectivity index (χ0) is 13.7. The van der Waals surface area contributed by atoms with Gasteiger partial charge in [0.25, 0.3) is 0 Å². The van der Waals surface area contributed by atoms with E-state index in [-0.39, 0.29) is 11.9 Å². The van der Waals surface area contributed by atoms with Crippen molar-refractivity contribution >= 4 is 0 Å². The molecule has 0 saturated carbocycles. The number of benzene rings is 1. The van der Waals surface area contributed by atoms with Crippen molar-refractivity contribution in [1.29, 1.82) is 0 Å².